The van der Waals surface area contributed by atoms with E-state index in [-0.39, 0.29) is 24.9 Å². The first-order valence-corrected chi connectivity index (χ1v) is 6.16. The number of carboxylic acid groups (broad SMARTS) is 1. The molecule has 0 spiro atoms. The molecule has 1 atom stereocenters. The Morgan fingerprint density at radius 2 is 2.00 bits per heavy atom. The summed E-state index contributed by atoms with van der Waals surface area (Å²) in [7, 11) is 0. The summed E-state index contributed by atoms with van der Waals surface area (Å²) in [5.41, 5.74) is 0.513. The van der Waals surface area contributed by atoms with Gasteiger partial charge in [0.25, 0.3) is 0 Å². The Bertz CT molecular complexity index is 508. The third kappa shape index (κ3) is 3.33. The molecular formula is C13H15N3O4. The second kappa shape index (κ2) is 6.16. The Balaban J connectivity index is 2.16. The van der Waals surface area contributed by atoms with Gasteiger partial charge in [-0.3, -0.25) is 24.6 Å². The number of para-hydroxylation sites is 1. The minimum Gasteiger partial charge on any atom is -0.480 e. The number of benzene rings is 1. The fourth-order valence-electron chi connectivity index (χ4n) is 1.97. The van der Waals surface area contributed by atoms with Gasteiger partial charge in [0.05, 0.1) is 6.54 Å². The van der Waals surface area contributed by atoms with Gasteiger partial charge in [0.2, 0.25) is 11.8 Å². The first kappa shape index (κ1) is 14.0. The van der Waals surface area contributed by atoms with Crippen molar-refractivity contribution in [2.45, 2.75) is 6.04 Å². The number of aliphatic carboxylic acids is 1. The molecule has 1 unspecified atom stereocenters. The Hall–Kier alpha value is -2.41. The van der Waals surface area contributed by atoms with Crippen molar-refractivity contribution in [3.63, 3.8) is 0 Å². The molecular weight excluding hydrogens is 262 g/mol. The standard InChI is InChI=1S/C13H15N3O4/c17-11-7-14-10(6-15-11)13(20)16(8-12(18)19)9-4-2-1-3-5-9/h1-5,10,14H,6-8H2,(H,15,17)(H,18,19). The summed E-state index contributed by atoms with van der Waals surface area (Å²) >= 11 is 0. The number of hydrogen-bond acceptors (Lipinski definition) is 4. The molecule has 1 heterocycles. The maximum atomic E-state index is 12.4. The summed E-state index contributed by atoms with van der Waals surface area (Å²) in [5.74, 6) is -1.65. The molecule has 0 bridgehead atoms. The number of nitrogens with one attached hydrogen (secondary N) is 2. The molecule has 0 saturated carbocycles. The van der Waals surface area contributed by atoms with Crippen LogP contribution in [0.15, 0.2) is 30.3 Å². The fourth-order valence-corrected chi connectivity index (χ4v) is 1.97. The lowest BCUT2D eigenvalue weighted by Crippen LogP contribution is -2.59. The summed E-state index contributed by atoms with van der Waals surface area (Å²) in [6.45, 7) is -0.221. The van der Waals surface area contributed by atoms with E-state index < -0.39 is 18.6 Å². The highest BCUT2D eigenvalue weighted by Gasteiger charge is 2.29. The first-order chi connectivity index (χ1) is 9.58. The maximum Gasteiger partial charge on any atom is 0.323 e. The molecule has 1 fully saturated rings. The second-order valence-electron chi connectivity index (χ2n) is 4.39. The van der Waals surface area contributed by atoms with Crippen LogP contribution in [0, 0.1) is 0 Å². The summed E-state index contributed by atoms with van der Waals surface area (Å²) in [6, 6.07) is 7.96. The number of hydrogen-bond donors (Lipinski definition) is 3. The summed E-state index contributed by atoms with van der Waals surface area (Å²) < 4.78 is 0. The molecule has 0 aromatic heterocycles. The lowest BCUT2D eigenvalue weighted by molar-refractivity contribution is -0.137. The number of amides is 2. The normalized spacial score (nSPS) is 18.2. The van der Waals surface area contributed by atoms with E-state index in [0.29, 0.717) is 5.69 Å². The average Bonchev–Trinajstić information content (AvgIpc) is 2.45. The van der Waals surface area contributed by atoms with Gasteiger partial charge in [-0.05, 0) is 12.1 Å². The zero-order chi connectivity index (χ0) is 14.5. The molecule has 0 aliphatic carbocycles. The zero-order valence-electron chi connectivity index (χ0n) is 10.7. The van der Waals surface area contributed by atoms with Crippen LogP contribution in [0.5, 0.6) is 0 Å². The number of nitrogens with zero attached hydrogens (tertiary/aromatic N) is 1. The van der Waals surface area contributed by atoms with Gasteiger partial charge in [0.15, 0.2) is 0 Å². The van der Waals surface area contributed by atoms with Gasteiger partial charge < -0.3 is 10.4 Å². The van der Waals surface area contributed by atoms with Crippen molar-refractivity contribution >= 4 is 23.5 Å². The zero-order valence-corrected chi connectivity index (χ0v) is 10.7. The molecule has 1 aliphatic rings. The lowest BCUT2D eigenvalue weighted by Gasteiger charge is -2.29. The van der Waals surface area contributed by atoms with Crippen LogP contribution in [0.1, 0.15) is 0 Å². The summed E-state index contributed by atoms with van der Waals surface area (Å²) in [5, 5.41) is 14.3. The number of carbonyl (C=O) groups is 3. The largest absolute Gasteiger partial charge is 0.480 e. The Kier molecular flexibility index (Phi) is 4.31. The number of piperazine rings is 1. The van der Waals surface area contributed by atoms with E-state index in [9.17, 15) is 14.4 Å². The van der Waals surface area contributed by atoms with Crippen LogP contribution in [-0.4, -0.2) is 48.6 Å². The highest BCUT2D eigenvalue weighted by atomic mass is 16.4. The number of rotatable bonds is 4. The third-order valence-electron chi connectivity index (χ3n) is 2.94. The van der Waals surface area contributed by atoms with Crippen LogP contribution in [0.4, 0.5) is 5.69 Å². The van der Waals surface area contributed by atoms with Gasteiger partial charge in [-0.2, -0.15) is 0 Å². The van der Waals surface area contributed by atoms with Crippen LogP contribution >= 0.6 is 0 Å². The van der Waals surface area contributed by atoms with Crippen molar-refractivity contribution < 1.29 is 19.5 Å². The third-order valence-corrected chi connectivity index (χ3v) is 2.94. The Labute approximate surface area is 115 Å². The Morgan fingerprint density at radius 1 is 1.30 bits per heavy atom. The van der Waals surface area contributed by atoms with Gasteiger partial charge in [0, 0.05) is 12.2 Å². The molecule has 1 aromatic carbocycles. The van der Waals surface area contributed by atoms with Gasteiger partial charge in [-0.1, -0.05) is 18.2 Å². The number of carboxylic acids is 1. The van der Waals surface area contributed by atoms with Crippen molar-refractivity contribution in [1.29, 1.82) is 0 Å². The molecule has 2 amide bonds. The first-order valence-electron chi connectivity index (χ1n) is 6.16. The number of anilines is 1. The molecule has 2 rings (SSSR count). The predicted octanol–water partition coefficient (Wildman–Crippen LogP) is -0.808. The maximum absolute atomic E-state index is 12.4. The van der Waals surface area contributed by atoms with Gasteiger partial charge in [-0.15, -0.1) is 0 Å². The minimum absolute atomic E-state index is 0.0477. The molecule has 1 aromatic rings. The molecule has 1 aliphatic heterocycles. The van der Waals surface area contributed by atoms with E-state index in [1.54, 1.807) is 30.3 Å². The summed E-state index contributed by atoms with van der Waals surface area (Å²) in [4.78, 5) is 35.6. The van der Waals surface area contributed by atoms with Gasteiger partial charge in [0.1, 0.15) is 12.6 Å². The molecule has 0 radical (unpaired) electrons. The highest BCUT2D eigenvalue weighted by molar-refractivity contribution is 6.01. The van der Waals surface area contributed by atoms with Gasteiger partial charge in [-0.25, -0.2) is 0 Å². The van der Waals surface area contributed by atoms with Crippen LogP contribution < -0.4 is 15.5 Å². The summed E-state index contributed by atoms with van der Waals surface area (Å²) in [6.07, 6.45) is 0. The quantitative estimate of drug-likeness (QED) is 0.668. The monoisotopic (exact) mass is 277 g/mol. The molecule has 3 N–H and O–H groups in total. The molecule has 1 saturated heterocycles. The molecule has 7 nitrogen and oxygen atoms in total. The van der Waals surface area contributed by atoms with E-state index in [0.717, 1.165) is 0 Å². The van der Waals surface area contributed by atoms with Crippen LogP contribution in [0.25, 0.3) is 0 Å². The van der Waals surface area contributed by atoms with E-state index in [1.807, 2.05) is 0 Å². The van der Waals surface area contributed by atoms with Crippen molar-refractivity contribution in [3.8, 4) is 0 Å². The van der Waals surface area contributed by atoms with Crippen molar-refractivity contribution in [2.24, 2.45) is 0 Å². The molecule has 7 heteroatoms. The van der Waals surface area contributed by atoms with E-state index in [4.69, 9.17) is 5.11 Å². The minimum atomic E-state index is -1.10. The highest BCUT2D eigenvalue weighted by Crippen LogP contribution is 2.14. The van der Waals surface area contributed by atoms with E-state index in [1.165, 1.54) is 4.90 Å². The van der Waals surface area contributed by atoms with Crippen LogP contribution in [-0.2, 0) is 14.4 Å². The van der Waals surface area contributed by atoms with Gasteiger partial charge >= 0.3 is 5.97 Å². The van der Waals surface area contributed by atoms with Crippen molar-refractivity contribution in [2.75, 3.05) is 24.5 Å². The van der Waals surface area contributed by atoms with E-state index in [2.05, 4.69) is 10.6 Å². The second-order valence-corrected chi connectivity index (χ2v) is 4.39. The fraction of sp³-hybridized carbons (Fsp3) is 0.308. The predicted molar refractivity (Wildman–Crippen MR) is 71.2 cm³/mol. The number of carbonyl (C=O) groups excluding carboxylic acids is 2. The van der Waals surface area contributed by atoms with E-state index >= 15 is 0 Å². The smallest absolute Gasteiger partial charge is 0.323 e. The molecule has 106 valence electrons. The van der Waals surface area contributed by atoms with Crippen molar-refractivity contribution in [3.05, 3.63) is 30.3 Å². The van der Waals surface area contributed by atoms with Crippen LogP contribution in [0.3, 0.4) is 0 Å². The lowest BCUT2D eigenvalue weighted by atomic mass is 10.2. The molecule has 20 heavy (non-hydrogen) atoms. The van der Waals surface area contributed by atoms with Crippen LogP contribution in [0.2, 0.25) is 0 Å². The Morgan fingerprint density at radius 3 is 2.55 bits per heavy atom. The van der Waals surface area contributed by atoms with Crippen molar-refractivity contribution in [1.82, 2.24) is 10.6 Å². The SMILES string of the molecule is O=C(O)CN(C(=O)C1CNC(=O)CN1)c1ccccc1. The average molecular weight is 277 g/mol. The topological polar surface area (TPSA) is 98.7 Å².